The fraction of sp³-hybridized carbons (Fsp3) is 0.462. The van der Waals surface area contributed by atoms with Gasteiger partial charge >= 0.3 is 0 Å². The number of benzene rings is 1. The summed E-state index contributed by atoms with van der Waals surface area (Å²) in [5.41, 5.74) is 2.19. The molecule has 3 rings (SSSR count). The van der Waals surface area contributed by atoms with Crippen LogP contribution >= 0.6 is 11.6 Å². The van der Waals surface area contributed by atoms with Crippen molar-refractivity contribution in [1.29, 1.82) is 0 Å². The minimum atomic E-state index is 0.145. The number of hydrogen-bond acceptors (Lipinski definition) is 1. The molecule has 1 amide bonds. The lowest BCUT2D eigenvalue weighted by Crippen LogP contribution is -2.30. The lowest BCUT2D eigenvalue weighted by atomic mass is 9.70. The van der Waals surface area contributed by atoms with Crippen LogP contribution < -0.4 is 5.32 Å². The van der Waals surface area contributed by atoms with Crippen LogP contribution in [0.15, 0.2) is 18.2 Å². The van der Waals surface area contributed by atoms with Crippen LogP contribution in [0.2, 0.25) is 5.02 Å². The Bertz CT molecular complexity index is 440. The van der Waals surface area contributed by atoms with E-state index in [4.69, 9.17) is 11.6 Å². The zero-order valence-electron chi connectivity index (χ0n) is 9.00. The van der Waals surface area contributed by atoms with Crippen molar-refractivity contribution >= 4 is 23.2 Å². The number of amides is 1. The quantitative estimate of drug-likeness (QED) is 0.792. The van der Waals surface area contributed by atoms with Gasteiger partial charge in [-0.3, -0.25) is 4.79 Å². The molecule has 0 spiro atoms. The molecule has 0 aromatic heterocycles. The van der Waals surface area contributed by atoms with Crippen molar-refractivity contribution in [2.45, 2.75) is 31.6 Å². The van der Waals surface area contributed by atoms with Gasteiger partial charge in [-0.2, -0.15) is 0 Å². The van der Waals surface area contributed by atoms with Gasteiger partial charge in [-0.15, -0.1) is 0 Å². The third-order valence-electron chi connectivity index (χ3n) is 3.81. The van der Waals surface area contributed by atoms with E-state index in [-0.39, 0.29) is 5.91 Å². The molecular formula is C13H14ClNO. The van der Waals surface area contributed by atoms with Gasteiger partial charge in [0.25, 0.3) is 0 Å². The Morgan fingerprint density at radius 3 is 2.81 bits per heavy atom. The SMILES string of the molecule is O=C1CC(C2CCC2)c2cc(Cl)ccc2N1. The number of anilines is 1. The summed E-state index contributed by atoms with van der Waals surface area (Å²) in [7, 11) is 0. The summed E-state index contributed by atoms with van der Waals surface area (Å²) in [5.74, 6) is 1.21. The van der Waals surface area contributed by atoms with E-state index in [0.717, 1.165) is 10.7 Å². The van der Waals surface area contributed by atoms with Gasteiger partial charge in [-0.05, 0) is 48.4 Å². The van der Waals surface area contributed by atoms with Crippen molar-refractivity contribution in [2.24, 2.45) is 5.92 Å². The van der Waals surface area contributed by atoms with E-state index in [9.17, 15) is 4.79 Å². The predicted octanol–water partition coefficient (Wildman–Crippen LogP) is 3.57. The molecule has 1 aromatic rings. The molecule has 84 valence electrons. The Kier molecular flexibility index (Phi) is 2.40. The first-order valence-electron chi connectivity index (χ1n) is 5.83. The van der Waals surface area contributed by atoms with Crippen molar-refractivity contribution < 1.29 is 4.79 Å². The topological polar surface area (TPSA) is 29.1 Å². The molecular weight excluding hydrogens is 222 g/mol. The highest BCUT2D eigenvalue weighted by atomic mass is 35.5. The molecule has 0 bridgehead atoms. The average Bonchev–Trinajstić information content (AvgIpc) is 2.16. The lowest BCUT2D eigenvalue weighted by Gasteiger charge is -2.37. The van der Waals surface area contributed by atoms with Crippen molar-refractivity contribution in [2.75, 3.05) is 5.32 Å². The zero-order chi connectivity index (χ0) is 11.1. The maximum atomic E-state index is 11.6. The number of halogens is 1. The van der Waals surface area contributed by atoms with Crippen molar-refractivity contribution in [3.05, 3.63) is 28.8 Å². The second-order valence-electron chi connectivity index (χ2n) is 4.78. The summed E-state index contributed by atoms with van der Waals surface area (Å²) in [6.45, 7) is 0. The standard InChI is InChI=1S/C13H14ClNO/c14-9-4-5-12-11(6-9)10(7-13(16)15-12)8-2-1-3-8/h4-6,8,10H,1-3,7H2,(H,15,16). The van der Waals surface area contributed by atoms with Crippen LogP contribution in [-0.2, 0) is 4.79 Å². The van der Waals surface area contributed by atoms with Crippen molar-refractivity contribution in [1.82, 2.24) is 0 Å². The summed E-state index contributed by atoms with van der Waals surface area (Å²) >= 11 is 6.03. The molecule has 1 unspecified atom stereocenters. The van der Waals surface area contributed by atoms with E-state index in [1.54, 1.807) is 0 Å². The maximum Gasteiger partial charge on any atom is 0.225 e. The molecule has 1 N–H and O–H groups in total. The Morgan fingerprint density at radius 2 is 2.12 bits per heavy atom. The van der Waals surface area contributed by atoms with Gasteiger partial charge in [0.15, 0.2) is 0 Å². The summed E-state index contributed by atoms with van der Waals surface area (Å²) in [5, 5.41) is 3.69. The Hall–Kier alpha value is -1.02. The van der Waals surface area contributed by atoms with E-state index < -0.39 is 0 Å². The van der Waals surface area contributed by atoms with E-state index >= 15 is 0 Å². The minimum Gasteiger partial charge on any atom is -0.326 e. The van der Waals surface area contributed by atoms with Crippen LogP contribution in [0.1, 0.15) is 37.2 Å². The summed E-state index contributed by atoms with van der Waals surface area (Å²) in [4.78, 5) is 11.6. The van der Waals surface area contributed by atoms with Crippen LogP contribution in [0.25, 0.3) is 0 Å². The highest BCUT2D eigenvalue weighted by molar-refractivity contribution is 6.30. The average molecular weight is 236 g/mol. The second-order valence-corrected chi connectivity index (χ2v) is 5.22. The summed E-state index contributed by atoms with van der Waals surface area (Å²) < 4.78 is 0. The predicted molar refractivity (Wildman–Crippen MR) is 64.8 cm³/mol. The third-order valence-corrected chi connectivity index (χ3v) is 4.05. The monoisotopic (exact) mass is 235 g/mol. The third kappa shape index (κ3) is 1.61. The first-order valence-corrected chi connectivity index (χ1v) is 6.21. The lowest BCUT2D eigenvalue weighted by molar-refractivity contribution is -0.117. The highest BCUT2D eigenvalue weighted by Gasteiger charge is 2.34. The largest absolute Gasteiger partial charge is 0.326 e. The van der Waals surface area contributed by atoms with Crippen LogP contribution in [0, 0.1) is 5.92 Å². The Labute approximate surface area is 100.0 Å². The molecule has 0 radical (unpaired) electrons. The first-order chi connectivity index (χ1) is 7.74. The maximum absolute atomic E-state index is 11.6. The molecule has 1 saturated carbocycles. The van der Waals surface area contributed by atoms with E-state index in [1.807, 2.05) is 18.2 Å². The molecule has 0 saturated heterocycles. The van der Waals surface area contributed by atoms with Crippen LogP contribution in [0.3, 0.4) is 0 Å². The number of hydrogen-bond donors (Lipinski definition) is 1. The van der Waals surface area contributed by atoms with Gasteiger partial charge in [0.05, 0.1) is 0 Å². The van der Waals surface area contributed by atoms with Crippen molar-refractivity contribution in [3.8, 4) is 0 Å². The number of carbonyl (C=O) groups excluding carboxylic acids is 1. The van der Waals surface area contributed by atoms with Gasteiger partial charge in [-0.25, -0.2) is 0 Å². The van der Waals surface area contributed by atoms with Gasteiger partial charge in [0, 0.05) is 17.1 Å². The Balaban J connectivity index is 2.01. The van der Waals surface area contributed by atoms with Crippen LogP contribution in [-0.4, -0.2) is 5.91 Å². The van der Waals surface area contributed by atoms with Gasteiger partial charge in [0.1, 0.15) is 0 Å². The number of nitrogens with one attached hydrogen (secondary N) is 1. The number of carbonyl (C=O) groups is 1. The Morgan fingerprint density at radius 1 is 1.31 bits per heavy atom. The highest BCUT2D eigenvalue weighted by Crippen LogP contribution is 2.46. The van der Waals surface area contributed by atoms with Gasteiger partial charge < -0.3 is 5.32 Å². The normalized spacial score (nSPS) is 24.6. The van der Waals surface area contributed by atoms with Crippen LogP contribution in [0.4, 0.5) is 5.69 Å². The molecule has 1 aromatic carbocycles. The molecule has 16 heavy (non-hydrogen) atoms. The molecule has 1 atom stereocenters. The molecule has 1 fully saturated rings. The van der Waals surface area contributed by atoms with Gasteiger partial charge in [-0.1, -0.05) is 18.0 Å². The molecule has 1 aliphatic carbocycles. The second kappa shape index (κ2) is 3.77. The first kappa shape index (κ1) is 10.2. The molecule has 3 heteroatoms. The van der Waals surface area contributed by atoms with E-state index in [2.05, 4.69) is 5.32 Å². The van der Waals surface area contributed by atoms with E-state index in [1.165, 1.54) is 24.8 Å². The smallest absolute Gasteiger partial charge is 0.225 e. The van der Waals surface area contributed by atoms with Crippen LogP contribution in [0.5, 0.6) is 0 Å². The summed E-state index contributed by atoms with van der Waals surface area (Å²) in [6, 6.07) is 5.77. The fourth-order valence-electron chi connectivity index (χ4n) is 2.73. The van der Waals surface area contributed by atoms with E-state index in [0.29, 0.717) is 18.3 Å². The van der Waals surface area contributed by atoms with Gasteiger partial charge in [0.2, 0.25) is 5.91 Å². The number of fused-ring (bicyclic) bond motifs is 1. The zero-order valence-corrected chi connectivity index (χ0v) is 9.76. The molecule has 2 aliphatic rings. The molecule has 2 nitrogen and oxygen atoms in total. The number of rotatable bonds is 1. The summed E-state index contributed by atoms with van der Waals surface area (Å²) in [6.07, 6.45) is 4.44. The van der Waals surface area contributed by atoms with Crippen molar-refractivity contribution in [3.63, 3.8) is 0 Å². The molecule has 1 heterocycles. The minimum absolute atomic E-state index is 0.145. The molecule has 1 aliphatic heterocycles. The fourth-order valence-corrected chi connectivity index (χ4v) is 2.91.